The molecule has 5 nitrogen and oxygen atoms in total. The van der Waals surface area contributed by atoms with Gasteiger partial charge in [0.15, 0.2) is 5.13 Å². The van der Waals surface area contributed by atoms with Gasteiger partial charge in [-0.25, -0.2) is 9.37 Å². The molecule has 0 aliphatic rings. The van der Waals surface area contributed by atoms with Crippen LogP contribution in [0.25, 0.3) is 10.2 Å². The van der Waals surface area contributed by atoms with Crippen LogP contribution in [0.5, 0.6) is 0 Å². The summed E-state index contributed by atoms with van der Waals surface area (Å²) in [6.45, 7) is 0. The highest BCUT2D eigenvalue weighted by Gasteiger charge is 2.07. The lowest BCUT2D eigenvalue weighted by Crippen LogP contribution is -1.88. The highest BCUT2D eigenvalue weighted by atomic mass is 32.1. The van der Waals surface area contributed by atoms with Crippen molar-refractivity contribution in [3.63, 3.8) is 0 Å². The van der Waals surface area contributed by atoms with Gasteiger partial charge in [-0.1, -0.05) is 29.5 Å². The third-order valence-corrected chi connectivity index (χ3v) is 4.30. The molecule has 0 radical (unpaired) electrons. The van der Waals surface area contributed by atoms with Gasteiger partial charge >= 0.3 is 0 Å². The van der Waals surface area contributed by atoms with Crippen LogP contribution in [0.2, 0.25) is 0 Å². The summed E-state index contributed by atoms with van der Waals surface area (Å²) in [5.74, 6) is 0.236. The number of hydrogen-bond acceptors (Lipinski definition) is 6. The van der Waals surface area contributed by atoms with Crippen molar-refractivity contribution in [3.05, 3.63) is 65.6 Å². The first kappa shape index (κ1) is 13.8. The fraction of sp³-hybridized carbons (Fsp3) is 0.0625. The second kappa shape index (κ2) is 5.77. The Morgan fingerprint density at radius 3 is 2.70 bits per heavy atom. The van der Waals surface area contributed by atoms with E-state index in [-0.39, 0.29) is 5.82 Å². The SMILES string of the molecule is Fc1ccc(Cc2ccc3nc(Nc4cnno4)sc3c2)cc1. The molecule has 0 saturated carbocycles. The topological polar surface area (TPSA) is 63.8 Å². The summed E-state index contributed by atoms with van der Waals surface area (Å²) < 4.78 is 18.9. The van der Waals surface area contributed by atoms with Crippen LogP contribution < -0.4 is 5.32 Å². The van der Waals surface area contributed by atoms with E-state index in [0.717, 1.165) is 32.9 Å². The smallest absolute Gasteiger partial charge is 0.251 e. The number of halogens is 1. The van der Waals surface area contributed by atoms with Crippen LogP contribution in [0.15, 0.2) is 53.2 Å². The average Bonchev–Trinajstić information content (AvgIpc) is 3.18. The lowest BCUT2D eigenvalue weighted by molar-refractivity contribution is 0.406. The molecule has 0 fully saturated rings. The minimum Gasteiger partial charge on any atom is -0.319 e. The monoisotopic (exact) mass is 326 g/mol. The number of benzene rings is 2. The van der Waals surface area contributed by atoms with Gasteiger partial charge in [0.25, 0.3) is 5.88 Å². The number of aromatic nitrogens is 3. The molecule has 0 bridgehead atoms. The van der Waals surface area contributed by atoms with Crippen molar-refractivity contribution < 1.29 is 8.91 Å². The van der Waals surface area contributed by atoms with E-state index in [9.17, 15) is 4.39 Å². The van der Waals surface area contributed by atoms with Crippen LogP contribution in [0.1, 0.15) is 11.1 Å². The Morgan fingerprint density at radius 1 is 1.09 bits per heavy atom. The molecule has 0 spiro atoms. The summed E-state index contributed by atoms with van der Waals surface area (Å²) in [4.78, 5) is 4.49. The maximum atomic E-state index is 13.0. The number of fused-ring (bicyclic) bond motifs is 1. The van der Waals surface area contributed by atoms with Crippen molar-refractivity contribution in [1.82, 2.24) is 15.4 Å². The van der Waals surface area contributed by atoms with E-state index in [2.05, 4.69) is 26.7 Å². The quantitative estimate of drug-likeness (QED) is 0.610. The molecule has 4 aromatic rings. The third kappa shape index (κ3) is 3.04. The van der Waals surface area contributed by atoms with Crippen molar-refractivity contribution in [3.8, 4) is 0 Å². The molecule has 2 heterocycles. The van der Waals surface area contributed by atoms with Crippen LogP contribution >= 0.6 is 11.3 Å². The zero-order chi connectivity index (χ0) is 15.6. The van der Waals surface area contributed by atoms with E-state index >= 15 is 0 Å². The van der Waals surface area contributed by atoms with E-state index in [1.54, 1.807) is 12.1 Å². The molecule has 0 saturated heterocycles. The van der Waals surface area contributed by atoms with E-state index in [0.29, 0.717) is 5.88 Å². The molecular weight excluding hydrogens is 315 g/mol. The fourth-order valence-corrected chi connectivity index (χ4v) is 3.23. The van der Waals surface area contributed by atoms with Gasteiger partial charge < -0.3 is 4.52 Å². The summed E-state index contributed by atoms with van der Waals surface area (Å²) in [7, 11) is 0. The fourth-order valence-electron chi connectivity index (χ4n) is 2.30. The van der Waals surface area contributed by atoms with E-state index in [4.69, 9.17) is 4.52 Å². The van der Waals surface area contributed by atoms with Crippen molar-refractivity contribution in [2.45, 2.75) is 6.42 Å². The largest absolute Gasteiger partial charge is 0.319 e. The number of thiazole rings is 1. The predicted molar refractivity (Wildman–Crippen MR) is 86.4 cm³/mol. The average molecular weight is 326 g/mol. The molecule has 1 N–H and O–H groups in total. The predicted octanol–water partition coefficient (Wildman–Crippen LogP) is 4.15. The summed E-state index contributed by atoms with van der Waals surface area (Å²) in [6, 6.07) is 12.7. The first-order valence-corrected chi connectivity index (χ1v) is 7.76. The Bertz CT molecular complexity index is 935. The number of anilines is 2. The van der Waals surface area contributed by atoms with Crippen LogP contribution in [-0.4, -0.2) is 15.4 Å². The molecule has 4 rings (SSSR count). The number of nitrogens with one attached hydrogen (secondary N) is 1. The Labute approximate surface area is 134 Å². The molecule has 114 valence electrons. The molecule has 0 aliphatic heterocycles. The highest BCUT2D eigenvalue weighted by molar-refractivity contribution is 7.22. The van der Waals surface area contributed by atoms with Crippen LogP contribution in [-0.2, 0) is 6.42 Å². The highest BCUT2D eigenvalue weighted by Crippen LogP contribution is 2.29. The van der Waals surface area contributed by atoms with Crippen LogP contribution in [0, 0.1) is 5.82 Å². The summed E-state index contributed by atoms with van der Waals surface area (Å²) >= 11 is 1.52. The van der Waals surface area contributed by atoms with Gasteiger partial charge in [-0.3, -0.25) is 5.32 Å². The second-order valence-electron chi connectivity index (χ2n) is 5.03. The molecule has 23 heavy (non-hydrogen) atoms. The maximum absolute atomic E-state index is 13.0. The van der Waals surface area contributed by atoms with Gasteiger partial charge in [0.05, 0.1) is 10.2 Å². The van der Waals surface area contributed by atoms with Gasteiger partial charge in [0, 0.05) is 5.27 Å². The van der Waals surface area contributed by atoms with Crippen LogP contribution in [0.4, 0.5) is 15.4 Å². The Balaban J connectivity index is 1.58. The second-order valence-corrected chi connectivity index (χ2v) is 6.06. The van der Waals surface area contributed by atoms with Crippen molar-refractivity contribution >= 4 is 32.6 Å². The standard InChI is InChI=1S/C16H11FN4OS/c17-12-4-1-10(2-5-12)7-11-3-6-13-14(8-11)23-16(19-13)20-15-9-18-21-22-15/h1-6,8-9H,7H2,(H,19,20). The van der Waals surface area contributed by atoms with Gasteiger partial charge in [0.1, 0.15) is 12.0 Å². The Morgan fingerprint density at radius 2 is 1.91 bits per heavy atom. The van der Waals surface area contributed by atoms with Gasteiger partial charge in [-0.15, -0.1) is 5.10 Å². The first-order chi connectivity index (χ1) is 11.3. The third-order valence-electron chi connectivity index (χ3n) is 3.37. The number of hydrogen-bond donors (Lipinski definition) is 1. The molecule has 2 aromatic heterocycles. The summed E-state index contributed by atoms with van der Waals surface area (Å²) in [5, 5.41) is 10.8. The minimum atomic E-state index is -0.218. The van der Waals surface area contributed by atoms with E-state index < -0.39 is 0 Å². The molecule has 2 aromatic carbocycles. The molecular formula is C16H11FN4OS. The van der Waals surface area contributed by atoms with Gasteiger partial charge in [-0.2, -0.15) is 0 Å². The van der Waals surface area contributed by atoms with Crippen LogP contribution in [0.3, 0.4) is 0 Å². The molecule has 0 unspecified atom stereocenters. The normalized spacial score (nSPS) is 11.0. The number of rotatable bonds is 4. The molecule has 0 amide bonds. The zero-order valence-corrected chi connectivity index (χ0v) is 12.7. The lowest BCUT2D eigenvalue weighted by atomic mass is 10.1. The van der Waals surface area contributed by atoms with Gasteiger partial charge in [-0.05, 0) is 41.8 Å². The van der Waals surface area contributed by atoms with E-state index in [1.807, 2.05) is 12.1 Å². The van der Waals surface area contributed by atoms with Crippen molar-refractivity contribution in [2.75, 3.05) is 5.32 Å². The first-order valence-electron chi connectivity index (χ1n) is 6.94. The van der Waals surface area contributed by atoms with Crippen molar-refractivity contribution in [1.29, 1.82) is 0 Å². The Kier molecular flexibility index (Phi) is 3.47. The number of nitrogens with zero attached hydrogens (tertiary/aromatic N) is 3. The summed E-state index contributed by atoms with van der Waals surface area (Å²) in [6.07, 6.45) is 2.24. The lowest BCUT2D eigenvalue weighted by Gasteiger charge is -2.01. The maximum Gasteiger partial charge on any atom is 0.251 e. The minimum absolute atomic E-state index is 0.218. The van der Waals surface area contributed by atoms with Crippen molar-refractivity contribution in [2.24, 2.45) is 0 Å². The molecule has 0 aliphatic carbocycles. The van der Waals surface area contributed by atoms with Gasteiger partial charge in [0.2, 0.25) is 0 Å². The van der Waals surface area contributed by atoms with E-state index in [1.165, 1.54) is 29.7 Å². The Hall–Kier alpha value is -2.80. The zero-order valence-electron chi connectivity index (χ0n) is 11.9. The summed E-state index contributed by atoms with van der Waals surface area (Å²) in [5.41, 5.74) is 3.13. The molecule has 7 heteroatoms. The molecule has 0 atom stereocenters.